The first-order chi connectivity index (χ1) is 9.44. The van der Waals surface area contributed by atoms with Crippen LogP contribution >= 0.6 is 0 Å². The molecule has 1 saturated carbocycles. The van der Waals surface area contributed by atoms with Gasteiger partial charge in [-0.3, -0.25) is 0 Å². The van der Waals surface area contributed by atoms with Crippen molar-refractivity contribution in [3.63, 3.8) is 0 Å². The van der Waals surface area contributed by atoms with Crippen molar-refractivity contribution in [3.8, 4) is 0 Å². The van der Waals surface area contributed by atoms with Crippen LogP contribution in [-0.2, 0) is 6.42 Å². The lowest BCUT2D eigenvalue weighted by Gasteiger charge is -2.21. The summed E-state index contributed by atoms with van der Waals surface area (Å²) in [5.41, 5.74) is 3.47. The summed E-state index contributed by atoms with van der Waals surface area (Å²) in [6.45, 7) is 12.7. The van der Waals surface area contributed by atoms with E-state index in [2.05, 4.69) is 64.2 Å². The number of rotatable bonds is 7. The number of hydrogen-bond donors (Lipinski definition) is 1. The van der Waals surface area contributed by atoms with Gasteiger partial charge >= 0.3 is 0 Å². The van der Waals surface area contributed by atoms with Gasteiger partial charge in [-0.05, 0) is 54.2 Å². The maximum Gasteiger partial charge on any atom is 0.0141 e. The van der Waals surface area contributed by atoms with E-state index in [1.54, 1.807) is 0 Å². The summed E-state index contributed by atoms with van der Waals surface area (Å²) in [6.07, 6.45) is 3.76. The summed E-state index contributed by atoms with van der Waals surface area (Å²) >= 11 is 0. The van der Waals surface area contributed by atoms with Crippen molar-refractivity contribution in [2.45, 2.75) is 65.8 Å². The van der Waals surface area contributed by atoms with Crippen LogP contribution in [0.3, 0.4) is 0 Å². The SMILES string of the molecule is CCCNC(Cc1ccc(C(C)C)cc1)C1CC1(C)C. The van der Waals surface area contributed by atoms with Crippen molar-refractivity contribution < 1.29 is 0 Å². The normalized spacial score (nSPS) is 22.0. The molecule has 1 heteroatoms. The van der Waals surface area contributed by atoms with Crippen molar-refractivity contribution in [1.82, 2.24) is 5.32 Å². The maximum atomic E-state index is 3.77. The summed E-state index contributed by atoms with van der Waals surface area (Å²) in [4.78, 5) is 0. The highest BCUT2D eigenvalue weighted by molar-refractivity contribution is 5.26. The Morgan fingerprint density at radius 1 is 1.20 bits per heavy atom. The van der Waals surface area contributed by atoms with E-state index >= 15 is 0 Å². The van der Waals surface area contributed by atoms with Crippen LogP contribution < -0.4 is 5.32 Å². The molecule has 112 valence electrons. The first-order valence-electron chi connectivity index (χ1n) is 8.26. The van der Waals surface area contributed by atoms with Crippen molar-refractivity contribution >= 4 is 0 Å². The second-order valence-electron chi connectivity index (χ2n) is 7.46. The van der Waals surface area contributed by atoms with Gasteiger partial charge in [0, 0.05) is 6.04 Å². The molecule has 1 N–H and O–H groups in total. The van der Waals surface area contributed by atoms with E-state index in [9.17, 15) is 0 Å². The Balaban J connectivity index is 2.00. The second-order valence-corrected chi connectivity index (χ2v) is 7.46. The lowest BCUT2D eigenvalue weighted by atomic mass is 9.95. The minimum Gasteiger partial charge on any atom is -0.313 e. The van der Waals surface area contributed by atoms with Gasteiger partial charge < -0.3 is 5.32 Å². The number of nitrogens with one attached hydrogen (secondary N) is 1. The van der Waals surface area contributed by atoms with Gasteiger partial charge in [0.15, 0.2) is 0 Å². The molecule has 0 saturated heterocycles. The van der Waals surface area contributed by atoms with Crippen LogP contribution in [-0.4, -0.2) is 12.6 Å². The largest absolute Gasteiger partial charge is 0.313 e. The molecule has 0 radical (unpaired) electrons. The molecule has 0 aliphatic heterocycles. The zero-order valence-corrected chi connectivity index (χ0v) is 13.9. The van der Waals surface area contributed by atoms with E-state index < -0.39 is 0 Å². The summed E-state index contributed by atoms with van der Waals surface area (Å²) in [5, 5.41) is 3.77. The van der Waals surface area contributed by atoms with Crippen molar-refractivity contribution in [1.29, 1.82) is 0 Å². The van der Waals surface area contributed by atoms with Gasteiger partial charge in [-0.1, -0.05) is 58.9 Å². The predicted molar refractivity (Wildman–Crippen MR) is 88.2 cm³/mol. The van der Waals surface area contributed by atoms with Gasteiger partial charge in [-0.2, -0.15) is 0 Å². The maximum absolute atomic E-state index is 3.77. The van der Waals surface area contributed by atoms with E-state index in [-0.39, 0.29) is 0 Å². The highest BCUT2D eigenvalue weighted by atomic mass is 14.9. The summed E-state index contributed by atoms with van der Waals surface area (Å²) in [5.74, 6) is 1.47. The molecule has 0 spiro atoms. The number of benzene rings is 1. The van der Waals surface area contributed by atoms with Crippen LogP contribution in [0.15, 0.2) is 24.3 Å². The van der Waals surface area contributed by atoms with E-state index in [1.165, 1.54) is 30.4 Å². The van der Waals surface area contributed by atoms with E-state index in [0.717, 1.165) is 12.5 Å². The zero-order chi connectivity index (χ0) is 14.8. The van der Waals surface area contributed by atoms with Gasteiger partial charge in [0.2, 0.25) is 0 Å². The molecule has 1 fully saturated rings. The first kappa shape index (κ1) is 15.6. The highest BCUT2D eigenvalue weighted by Crippen LogP contribution is 2.54. The Morgan fingerprint density at radius 2 is 1.80 bits per heavy atom. The summed E-state index contributed by atoms with van der Waals surface area (Å²) < 4.78 is 0. The Kier molecular flexibility index (Phi) is 4.90. The average molecular weight is 273 g/mol. The fourth-order valence-corrected chi connectivity index (χ4v) is 3.17. The number of hydrogen-bond acceptors (Lipinski definition) is 1. The monoisotopic (exact) mass is 273 g/mol. The van der Waals surface area contributed by atoms with E-state index in [4.69, 9.17) is 0 Å². The molecule has 0 aromatic heterocycles. The molecule has 2 rings (SSSR count). The Labute approximate surface area is 125 Å². The van der Waals surface area contributed by atoms with Gasteiger partial charge in [-0.25, -0.2) is 0 Å². The van der Waals surface area contributed by atoms with Crippen LogP contribution in [0.4, 0.5) is 0 Å². The van der Waals surface area contributed by atoms with Gasteiger partial charge in [0.05, 0.1) is 0 Å². The standard InChI is InChI=1S/C19H31N/c1-6-11-20-18(17-13-19(17,4)5)12-15-7-9-16(10-8-15)14(2)3/h7-10,14,17-18,20H,6,11-13H2,1-5H3. The Bertz CT molecular complexity index is 416. The molecule has 20 heavy (non-hydrogen) atoms. The van der Waals surface area contributed by atoms with E-state index in [1.807, 2.05) is 0 Å². The van der Waals surface area contributed by atoms with Crippen molar-refractivity contribution in [2.24, 2.45) is 11.3 Å². The molecule has 1 aromatic rings. The van der Waals surface area contributed by atoms with Crippen LogP contribution in [0, 0.1) is 11.3 Å². The smallest absolute Gasteiger partial charge is 0.0141 e. The van der Waals surface area contributed by atoms with Gasteiger partial charge in [0.1, 0.15) is 0 Å². The molecule has 1 aliphatic carbocycles. The summed E-state index contributed by atoms with van der Waals surface area (Å²) in [6, 6.07) is 9.90. The predicted octanol–water partition coefficient (Wildman–Crippen LogP) is 4.77. The molecule has 0 bridgehead atoms. The molecule has 0 amide bonds. The molecule has 0 heterocycles. The first-order valence-corrected chi connectivity index (χ1v) is 8.26. The minimum atomic E-state index is 0.545. The van der Waals surface area contributed by atoms with Gasteiger partial charge in [0.25, 0.3) is 0 Å². The van der Waals surface area contributed by atoms with E-state index in [0.29, 0.717) is 17.4 Å². The third-order valence-electron chi connectivity index (χ3n) is 4.83. The van der Waals surface area contributed by atoms with Crippen molar-refractivity contribution in [2.75, 3.05) is 6.54 Å². The Hall–Kier alpha value is -0.820. The van der Waals surface area contributed by atoms with Crippen LogP contribution in [0.1, 0.15) is 64.5 Å². The van der Waals surface area contributed by atoms with Gasteiger partial charge in [-0.15, -0.1) is 0 Å². The highest BCUT2D eigenvalue weighted by Gasteiger charge is 2.49. The third-order valence-corrected chi connectivity index (χ3v) is 4.83. The molecule has 1 nitrogen and oxygen atoms in total. The molecule has 1 aromatic carbocycles. The van der Waals surface area contributed by atoms with Crippen molar-refractivity contribution in [3.05, 3.63) is 35.4 Å². The third kappa shape index (κ3) is 3.85. The Morgan fingerprint density at radius 3 is 2.25 bits per heavy atom. The molecular formula is C19H31N. The van der Waals surface area contributed by atoms with Crippen LogP contribution in [0.2, 0.25) is 0 Å². The topological polar surface area (TPSA) is 12.0 Å². The lowest BCUT2D eigenvalue weighted by Crippen LogP contribution is -2.35. The quantitative estimate of drug-likeness (QED) is 0.755. The average Bonchev–Trinajstić information content (AvgIpc) is 3.04. The molecular weight excluding hydrogens is 242 g/mol. The second kappa shape index (κ2) is 6.30. The lowest BCUT2D eigenvalue weighted by molar-refractivity contribution is 0.402. The summed E-state index contributed by atoms with van der Waals surface area (Å²) in [7, 11) is 0. The van der Waals surface area contributed by atoms with Crippen LogP contribution in [0.25, 0.3) is 0 Å². The van der Waals surface area contributed by atoms with Crippen LogP contribution in [0.5, 0.6) is 0 Å². The zero-order valence-electron chi connectivity index (χ0n) is 13.9. The molecule has 2 unspecified atom stereocenters. The molecule has 2 atom stereocenters. The fraction of sp³-hybridized carbons (Fsp3) is 0.684. The minimum absolute atomic E-state index is 0.545. The molecule has 1 aliphatic rings. The fourth-order valence-electron chi connectivity index (χ4n) is 3.17.